The Balaban J connectivity index is 2.56. The summed E-state index contributed by atoms with van der Waals surface area (Å²) in [6.07, 6.45) is -4.47. The number of nitrogens with one attached hydrogen (secondary N) is 1. The van der Waals surface area contributed by atoms with Crippen LogP contribution in [-0.4, -0.2) is 17.6 Å². The molecule has 1 aromatic carbocycles. The summed E-state index contributed by atoms with van der Waals surface area (Å²) in [4.78, 5) is 13.8. The van der Waals surface area contributed by atoms with Gasteiger partial charge in [-0.1, -0.05) is 12.1 Å². The number of rotatable bonds is 2. The lowest BCUT2D eigenvalue weighted by Gasteiger charge is -2.03. The van der Waals surface area contributed by atoms with Crippen LogP contribution in [0.15, 0.2) is 24.3 Å². The molecular formula is C12H10F3NO2. The largest absolute Gasteiger partial charge is 0.462 e. The molecule has 0 unspecified atom stereocenters. The van der Waals surface area contributed by atoms with Crippen LogP contribution in [0.25, 0.3) is 10.9 Å². The maximum atomic E-state index is 12.6. The number of hydrogen-bond acceptors (Lipinski definition) is 2. The molecule has 0 atom stereocenters. The highest BCUT2D eigenvalue weighted by molar-refractivity contribution is 6.03. The molecule has 0 aliphatic rings. The first kappa shape index (κ1) is 12.5. The molecule has 6 heteroatoms. The van der Waals surface area contributed by atoms with E-state index in [1.165, 1.54) is 18.2 Å². The van der Waals surface area contributed by atoms with Gasteiger partial charge in [-0.05, 0) is 19.1 Å². The molecule has 1 heterocycles. The number of benzene rings is 1. The van der Waals surface area contributed by atoms with Gasteiger partial charge in [-0.2, -0.15) is 13.2 Å². The zero-order chi connectivity index (χ0) is 13.3. The molecule has 2 aromatic rings. The Bertz CT molecular complexity index is 587. The van der Waals surface area contributed by atoms with Gasteiger partial charge in [-0.3, -0.25) is 0 Å². The van der Waals surface area contributed by atoms with Crippen LogP contribution in [0.1, 0.15) is 23.0 Å². The van der Waals surface area contributed by atoms with Gasteiger partial charge in [0.1, 0.15) is 5.69 Å². The van der Waals surface area contributed by atoms with E-state index < -0.39 is 17.8 Å². The molecule has 3 nitrogen and oxygen atoms in total. The summed E-state index contributed by atoms with van der Waals surface area (Å²) in [5.41, 5.74) is -0.637. The Morgan fingerprint density at radius 2 is 2.11 bits per heavy atom. The molecule has 0 bridgehead atoms. The van der Waals surface area contributed by atoms with E-state index in [-0.39, 0.29) is 17.7 Å². The number of hydrogen-bond donors (Lipinski definition) is 1. The highest BCUT2D eigenvalue weighted by Crippen LogP contribution is 2.32. The summed E-state index contributed by atoms with van der Waals surface area (Å²) in [5, 5.41) is 0.327. The van der Waals surface area contributed by atoms with Crippen molar-refractivity contribution in [1.82, 2.24) is 4.98 Å². The van der Waals surface area contributed by atoms with Crippen molar-refractivity contribution in [2.75, 3.05) is 6.61 Å². The fourth-order valence-corrected chi connectivity index (χ4v) is 1.69. The average molecular weight is 257 g/mol. The second-order valence-corrected chi connectivity index (χ2v) is 3.67. The van der Waals surface area contributed by atoms with Gasteiger partial charge in [-0.15, -0.1) is 0 Å². The van der Waals surface area contributed by atoms with E-state index in [0.29, 0.717) is 5.39 Å². The third-order valence-electron chi connectivity index (χ3n) is 2.46. The van der Waals surface area contributed by atoms with Crippen molar-refractivity contribution in [2.24, 2.45) is 0 Å². The van der Waals surface area contributed by atoms with Gasteiger partial charge in [-0.25, -0.2) is 4.79 Å². The van der Waals surface area contributed by atoms with Crippen LogP contribution >= 0.6 is 0 Å². The minimum Gasteiger partial charge on any atom is -0.462 e. The fraction of sp³-hybridized carbons (Fsp3) is 0.250. The monoisotopic (exact) mass is 257 g/mol. The summed E-state index contributed by atoms with van der Waals surface area (Å²) >= 11 is 0. The Morgan fingerprint density at radius 1 is 1.39 bits per heavy atom. The number of aromatic amines is 1. The number of alkyl halides is 3. The molecule has 1 N–H and O–H groups in total. The lowest BCUT2D eigenvalue weighted by Crippen LogP contribution is -2.06. The van der Waals surface area contributed by atoms with E-state index in [0.717, 1.165) is 6.07 Å². The summed E-state index contributed by atoms with van der Waals surface area (Å²) < 4.78 is 42.5. The highest BCUT2D eigenvalue weighted by atomic mass is 19.4. The fourth-order valence-electron chi connectivity index (χ4n) is 1.69. The molecule has 1 aromatic heterocycles. The Morgan fingerprint density at radius 3 is 2.72 bits per heavy atom. The number of fused-ring (bicyclic) bond motifs is 1. The SMILES string of the molecule is CCOC(=O)c1cccc2cc(C(F)(F)F)[nH]c12. The Labute approximate surface area is 101 Å². The first-order valence-corrected chi connectivity index (χ1v) is 5.29. The zero-order valence-electron chi connectivity index (χ0n) is 9.47. The number of H-pyrrole nitrogens is 1. The molecule has 0 saturated carbocycles. The van der Waals surface area contributed by atoms with Crippen molar-refractivity contribution >= 4 is 16.9 Å². The quantitative estimate of drug-likeness (QED) is 0.838. The number of para-hydroxylation sites is 1. The molecular weight excluding hydrogens is 247 g/mol. The molecule has 96 valence electrons. The van der Waals surface area contributed by atoms with Gasteiger partial charge in [0.15, 0.2) is 0 Å². The van der Waals surface area contributed by atoms with Crippen molar-refractivity contribution in [3.05, 3.63) is 35.5 Å². The molecule has 18 heavy (non-hydrogen) atoms. The second kappa shape index (κ2) is 4.36. The van der Waals surface area contributed by atoms with Crippen molar-refractivity contribution < 1.29 is 22.7 Å². The summed E-state index contributed by atoms with van der Waals surface area (Å²) in [6.45, 7) is 1.80. The third-order valence-corrected chi connectivity index (χ3v) is 2.46. The summed E-state index contributed by atoms with van der Waals surface area (Å²) in [7, 11) is 0. The maximum Gasteiger partial charge on any atom is 0.431 e. The van der Waals surface area contributed by atoms with Gasteiger partial charge in [0, 0.05) is 5.39 Å². The van der Waals surface area contributed by atoms with Gasteiger partial charge < -0.3 is 9.72 Å². The Kier molecular flexibility index (Phi) is 3.02. The standard InChI is InChI=1S/C12H10F3NO2/c1-2-18-11(17)8-5-3-4-7-6-9(12(13,14)15)16-10(7)8/h3-6,16H,2H2,1H3. The predicted octanol–water partition coefficient (Wildman–Crippen LogP) is 3.36. The van der Waals surface area contributed by atoms with Crippen LogP contribution in [0.4, 0.5) is 13.2 Å². The third kappa shape index (κ3) is 2.18. The van der Waals surface area contributed by atoms with E-state index >= 15 is 0 Å². The second-order valence-electron chi connectivity index (χ2n) is 3.67. The molecule has 0 radical (unpaired) electrons. The predicted molar refractivity (Wildman–Crippen MR) is 59.3 cm³/mol. The number of ether oxygens (including phenoxy) is 1. The maximum absolute atomic E-state index is 12.6. The van der Waals surface area contributed by atoms with Crippen molar-refractivity contribution in [1.29, 1.82) is 0 Å². The first-order valence-electron chi connectivity index (χ1n) is 5.29. The number of carbonyl (C=O) groups excluding carboxylic acids is 1. The number of carbonyl (C=O) groups is 1. The molecule has 0 amide bonds. The average Bonchev–Trinajstić information content (AvgIpc) is 2.72. The van der Waals surface area contributed by atoms with Crippen molar-refractivity contribution in [3.63, 3.8) is 0 Å². The molecule has 0 saturated heterocycles. The summed E-state index contributed by atoms with van der Waals surface area (Å²) in [5.74, 6) is -0.640. The van der Waals surface area contributed by atoms with E-state index in [2.05, 4.69) is 4.98 Å². The van der Waals surface area contributed by atoms with Crippen molar-refractivity contribution in [3.8, 4) is 0 Å². The molecule has 2 rings (SSSR count). The first-order chi connectivity index (χ1) is 8.43. The van der Waals surface area contributed by atoms with Gasteiger partial charge in [0.2, 0.25) is 0 Å². The van der Waals surface area contributed by atoms with E-state index in [1.807, 2.05) is 0 Å². The van der Waals surface area contributed by atoms with Crippen LogP contribution in [0.2, 0.25) is 0 Å². The zero-order valence-corrected chi connectivity index (χ0v) is 9.47. The molecule has 0 aliphatic heterocycles. The normalized spacial score (nSPS) is 11.8. The lowest BCUT2D eigenvalue weighted by molar-refractivity contribution is -0.140. The number of esters is 1. The highest BCUT2D eigenvalue weighted by Gasteiger charge is 2.33. The van der Waals surface area contributed by atoms with Crippen LogP contribution < -0.4 is 0 Å². The minimum atomic E-state index is -4.47. The van der Waals surface area contributed by atoms with Crippen LogP contribution in [0.3, 0.4) is 0 Å². The van der Waals surface area contributed by atoms with E-state index in [4.69, 9.17) is 4.74 Å². The molecule has 0 spiro atoms. The number of halogens is 3. The van der Waals surface area contributed by atoms with Crippen LogP contribution in [0, 0.1) is 0 Å². The van der Waals surface area contributed by atoms with E-state index in [1.54, 1.807) is 6.92 Å². The van der Waals surface area contributed by atoms with E-state index in [9.17, 15) is 18.0 Å². The lowest BCUT2D eigenvalue weighted by atomic mass is 10.1. The van der Waals surface area contributed by atoms with Gasteiger partial charge >= 0.3 is 12.1 Å². The minimum absolute atomic E-state index is 0.102. The Hall–Kier alpha value is -1.98. The van der Waals surface area contributed by atoms with Crippen LogP contribution in [-0.2, 0) is 10.9 Å². The van der Waals surface area contributed by atoms with Crippen molar-refractivity contribution in [2.45, 2.75) is 13.1 Å². The topological polar surface area (TPSA) is 42.1 Å². The van der Waals surface area contributed by atoms with Gasteiger partial charge in [0.05, 0.1) is 17.7 Å². The van der Waals surface area contributed by atoms with Gasteiger partial charge in [0.25, 0.3) is 0 Å². The molecule has 0 fully saturated rings. The van der Waals surface area contributed by atoms with Crippen LogP contribution in [0.5, 0.6) is 0 Å². The smallest absolute Gasteiger partial charge is 0.431 e. The number of aromatic nitrogens is 1. The summed E-state index contributed by atoms with van der Waals surface area (Å²) in [6, 6.07) is 5.42. The molecule has 0 aliphatic carbocycles.